The summed E-state index contributed by atoms with van der Waals surface area (Å²) in [6.45, 7) is 3.14. The zero-order valence-corrected chi connectivity index (χ0v) is 20.1. The van der Waals surface area contributed by atoms with Crippen LogP contribution in [0.5, 0.6) is 0 Å². The van der Waals surface area contributed by atoms with Crippen LogP contribution in [-0.4, -0.2) is 51.0 Å². The van der Waals surface area contributed by atoms with Gasteiger partial charge in [-0.15, -0.1) is 0 Å². The Hall–Kier alpha value is -2.29. The first-order valence-electron chi connectivity index (χ1n) is 9.42. The Bertz CT molecular complexity index is 1060. The van der Waals surface area contributed by atoms with E-state index in [1.165, 1.54) is 30.1 Å². The molecule has 168 valence electrons. The van der Waals surface area contributed by atoms with Gasteiger partial charge in [0.15, 0.2) is 0 Å². The van der Waals surface area contributed by atoms with Crippen LogP contribution < -0.4 is 9.62 Å². The number of nitrogens with zero attached hydrogens (tertiary/aromatic N) is 2. The van der Waals surface area contributed by atoms with Gasteiger partial charge in [-0.2, -0.15) is 0 Å². The molecule has 1 atom stereocenters. The minimum Gasteiger partial charge on any atom is -0.357 e. The van der Waals surface area contributed by atoms with Gasteiger partial charge in [0.05, 0.1) is 11.9 Å². The van der Waals surface area contributed by atoms with Crippen LogP contribution in [0.4, 0.5) is 5.69 Å². The fourth-order valence-corrected chi connectivity index (χ4v) is 4.44. The van der Waals surface area contributed by atoms with Gasteiger partial charge >= 0.3 is 0 Å². The van der Waals surface area contributed by atoms with Gasteiger partial charge in [0, 0.05) is 23.6 Å². The number of aryl methyl sites for hydroxylation is 1. The molecular formula is C21H25Cl2N3O4S. The molecule has 0 bridgehead atoms. The van der Waals surface area contributed by atoms with E-state index in [9.17, 15) is 18.0 Å². The van der Waals surface area contributed by atoms with Crippen molar-refractivity contribution in [3.63, 3.8) is 0 Å². The van der Waals surface area contributed by atoms with Crippen molar-refractivity contribution in [3.8, 4) is 0 Å². The molecule has 0 fully saturated rings. The predicted molar refractivity (Wildman–Crippen MR) is 124 cm³/mol. The van der Waals surface area contributed by atoms with Crippen LogP contribution >= 0.6 is 23.2 Å². The third kappa shape index (κ3) is 6.85. The molecule has 0 aromatic heterocycles. The summed E-state index contributed by atoms with van der Waals surface area (Å²) in [6.07, 6.45) is 0.988. The molecule has 2 aromatic rings. The standard InChI is InChI=1S/C21H25Cl2N3O4S/c1-14-6-5-7-16(8-14)12-25(15(2)21(28)24-3)20(27)13-26(31(4,29)30)19-10-17(22)9-18(23)11-19/h5-11,15H,12-13H2,1-4H3,(H,24,28)/t15-/m1/s1. The van der Waals surface area contributed by atoms with Crippen LogP contribution in [0, 0.1) is 6.92 Å². The number of hydrogen-bond donors (Lipinski definition) is 1. The molecule has 2 rings (SSSR count). The Kier molecular flexibility index (Phi) is 8.34. The number of amides is 2. The molecule has 0 aliphatic rings. The number of halogens is 2. The van der Waals surface area contributed by atoms with Crippen LogP contribution in [-0.2, 0) is 26.2 Å². The minimum atomic E-state index is -3.84. The molecule has 10 heteroatoms. The first kappa shape index (κ1) is 25.0. The highest BCUT2D eigenvalue weighted by Crippen LogP contribution is 2.27. The van der Waals surface area contributed by atoms with Crippen LogP contribution in [0.15, 0.2) is 42.5 Å². The molecule has 0 saturated heterocycles. The maximum absolute atomic E-state index is 13.3. The lowest BCUT2D eigenvalue weighted by Gasteiger charge is -2.31. The van der Waals surface area contributed by atoms with E-state index in [0.717, 1.165) is 21.7 Å². The number of likely N-dealkylation sites (N-methyl/N-ethyl adjacent to an activating group) is 1. The maximum Gasteiger partial charge on any atom is 0.244 e. The third-order valence-corrected chi connectivity index (χ3v) is 6.24. The van der Waals surface area contributed by atoms with Gasteiger partial charge in [-0.1, -0.05) is 53.0 Å². The van der Waals surface area contributed by atoms with E-state index in [1.807, 2.05) is 31.2 Å². The van der Waals surface area contributed by atoms with Crippen molar-refractivity contribution < 1.29 is 18.0 Å². The number of benzene rings is 2. The topological polar surface area (TPSA) is 86.8 Å². The SMILES string of the molecule is CNC(=O)[C@@H](C)N(Cc1cccc(C)c1)C(=O)CN(c1cc(Cl)cc(Cl)c1)S(C)(=O)=O. The molecule has 7 nitrogen and oxygen atoms in total. The van der Waals surface area contributed by atoms with Gasteiger partial charge in [0.25, 0.3) is 0 Å². The van der Waals surface area contributed by atoms with Crippen molar-refractivity contribution in [2.45, 2.75) is 26.4 Å². The van der Waals surface area contributed by atoms with Crippen molar-refractivity contribution in [1.82, 2.24) is 10.2 Å². The molecule has 0 spiro atoms. The molecule has 2 aromatic carbocycles. The van der Waals surface area contributed by atoms with Crippen molar-refractivity contribution >= 4 is 50.7 Å². The average molecular weight is 486 g/mol. The van der Waals surface area contributed by atoms with Gasteiger partial charge in [0.2, 0.25) is 21.8 Å². The van der Waals surface area contributed by atoms with E-state index in [4.69, 9.17) is 23.2 Å². The first-order chi connectivity index (χ1) is 14.4. The van der Waals surface area contributed by atoms with E-state index < -0.39 is 28.5 Å². The zero-order chi connectivity index (χ0) is 23.3. The van der Waals surface area contributed by atoms with Gasteiger partial charge < -0.3 is 10.2 Å². The number of carbonyl (C=O) groups is 2. The quantitative estimate of drug-likeness (QED) is 0.621. The molecular weight excluding hydrogens is 461 g/mol. The summed E-state index contributed by atoms with van der Waals surface area (Å²) < 4.78 is 25.9. The summed E-state index contributed by atoms with van der Waals surface area (Å²) in [4.78, 5) is 26.9. The summed E-state index contributed by atoms with van der Waals surface area (Å²) in [5.41, 5.74) is 1.99. The number of carbonyl (C=O) groups excluding carboxylic acids is 2. The van der Waals surface area contributed by atoms with Crippen LogP contribution in [0.3, 0.4) is 0 Å². The minimum absolute atomic E-state index is 0.142. The van der Waals surface area contributed by atoms with Crippen LogP contribution in [0.1, 0.15) is 18.1 Å². The molecule has 0 radical (unpaired) electrons. The second kappa shape index (κ2) is 10.3. The summed E-state index contributed by atoms with van der Waals surface area (Å²) in [5.74, 6) is -0.906. The number of nitrogens with one attached hydrogen (secondary N) is 1. The van der Waals surface area contributed by atoms with E-state index in [2.05, 4.69) is 5.32 Å². The van der Waals surface area contributed by atoms with Gasteiger partial charge in [-0.3, -0.25) is 13.9 Å². The smallest absolute Gasteiger partial charge is 0.244 e. The number of hydrogen-bond acceptors (Lipinski definition) is 4. The molecule has 0 aliphatic carbocycles. The maximum atomic E-state index is 13.3. The molecule has 31 heavy (non-hydrogen) atoms. The molecule has 1 N–H and O–H groups in total. The second-order valence-corrected chi connectivity index (χ2v) is 9.98. The molecule has 0 unspecified atom stereocenters. The van der Waals surface area contributed by atoms with E-state index >= 15 is 0 Å². The number of anilines is 1. The summed E-state index contributed by atoms with van der Waals surface area (Å²) in [5, 5.41) is 3.00. The van der Waals surface area contributed by atoms with Crippen molar-refractivity contribution in [1.29, 1.82) is 0 Å². The summed E-state index contributed by atoms with van der Waals surface area (Å²) >= 11 is 12.0. The van der Waals surface area contributed by atoms with Gasteiger partial charge in [-0.05, 0) is 37.6 Å². The zero-order valence-electron chi connectivity index (χ0n) is 17.7. The summed E-state index contributed by atoms with van der Waals surface area (Å²) in [6, 6.07) is 11.0. The monoisotopic (exact) mass is 485 g/mol. The lowest BCUT2D eigenvalue weighted by atomic mass is 10.1. The fourth-order valence-electron chi connectivity index (χ4n) is 3.10. The first-order valence-corrected chi connectivity index (χ1v) is 12.0. The highest BCUT2D eigenvalue weighted by Gasteiger charge is 2.30. The molecule has 0 heterocycles. The Labute approximate surface area is 193 Å². The van der Waals surface area contributed by atoms with E-state index in [0.29, 0.717) is 0 Å². The normalized spacial score (nSPS) is 12.2. The Morgan fingerprint density at radius 3 is 2.23 bits per heavy atom. The number of rotatable bonds is 8. The Morgan fingerprint density at radius 2 is 1.71 bits per heavy atom. The highest BCUT2D eigenvalue weighted by molar-refractivity contribution is 7.92. The average Bonchev–Trinajstić information content (AvgIpc) is 2.67. The molecule has 0 saturated carbocycles. The van der Waals surface area contributed by atoms with Crippen LogP contribution in [0.2, 0.25) is 10.0 Å². The number of sulfonamides is 1. The third-order valence-electron chi connectivity index (χ3n) is 4.66. The van der Waals surface area contributed by atoms with Crippen LogP contribution in [0.25, 0.3) is 0 Å². The summed E-state index contributed by atoms with van der Waals surface area (Å²) in [7, 11) is -2.37. The largest absolute Gasteiger partial charge is 0.357 e. The van der Waals surface area contributed by atoms with Gasteiger partial charge in [-0.25, -0.2) is 8.42 Å². The lowest BCUT2D eigenvalue weighted by molar-refractivity contribution is -0.139. The Morgan fingerprint density at radius 1 is 1.10 bits per heavy atom. The van der Waals surface area contributed by atoms with Gasteiger partial charge in [0.1, 0.15) is 12.6 Å². The molecule has 2 amide bonds. The molecule has 0 aliphatic heterocycles. The fraction of sp³-hybridized carbons (Fsp3) is 0.333. The second-order valence-electron chi connectivity index (χ2n) is 7.20. The van der Waals surface area contributed by atoms with E-state index in [1.54, 1.807) is 6.92 Å². The predicted octanol–water partition coefficient (Wildman–Crippen LogP) is 3.23. The highest BCUT2D eigenvalue weighted by atomic mass is 35.5. The van der Waals surface area contributed by atoms with E-state index in [-0.39, 0.29) is 28.2 Å². The van der Waals surface area contributed by atoms with Crippen molar-refractivity contribution in [3.05, 3.63) is 63.6 Å². The van der Waals surface area contributed by atoms with Crippen molar-refractivity contribution in [2.75, 3.05) is 24.2 Å². The van der Waals surface area contributed by atoms with Crippen molar-refractivity contribution in [2.24, 2.45) is 0 Å². The Balaban J connectivity index is 2.42. The lowest BCUT2D eigenvalue weighted by Crippen LogP contribution is -2.50.